The molecule has 0 unspecified atom stereocenters. The van der Waals surface area contributed by atoms with Crippen LogP contribution >= 0.6 is 0 Å². The van der Waals surface area contributed by atoms with E-state index in [1.165, 1.54) is 19.3 Å². The Kier molecular flexibility index (Phi) is 8.60. The van der Waals surface area contributed by atoms with E-state index in [1.807, 2.05) is 57.2 Å². The number of carbonyl (C=O) groups excluding carboxylic acids is 1. The molecule has 1 saturated heterocycles. The zero-order valence-corrected chi connectivity index (χ0v) is 21.3. The summed E-state index contributed by atoms with van der Waals surface area (Å²) in [7, 11) is 0. The third-order valence-electron chi connectivity index (χ3n) is 5.94. The SMILES string of the molecule is CCOc1cc(C(=O)Nc2ccc(-c3ccc(N4CCCCC4)nn3)cc2)cc(OCC)c1OCC. The fourth-order valence-corrected chi connectivity index (χ4v) is 4.22. The number of rotatable bonds is 10. The van der Waals surface area contributed by atoms with Gasteiger partial charge in [-0.05, 0) is 76.4 Å². The minimum absolute atomic E-state index is 0.265. The van der Waals surface area contributed by atoms with E-state index >= 15 is 0 Å². The van der Waals surface area contributed by atoms with E-state index in [4.69, 9.17) is 14.2 Å². The second-order valence-corrected chi connectivity index (χ2v) is 8.46. The molecule has 1 fully saturated rings. The van der Waals surface area contributed by atoms with Gasteiger partial charge < -0.3 is 24.4 Å². The fourth-order valence-electron chi connectivity index (χ4n) is 4.22. The van der Waals surface area contributed by atoms with Crippen LogP contribution in [0.3, 0.4) is 0 Å². The Labute approximate surface area is 212 Å². The zero-order valence-electron chi connectivity index (χ0n) is 21.3. The summed E-state index contributed by atoms with van der Waals surface area (Å²) >= 11 is 0. The van der Waals surface area contributed by atoms with Gasteiger partial charge in [0.2, 0.25) is 5.75 Å². The molecule has 1 aliphatic rings. The number of ether oxygens (including phenoxy) is 3. The van der Waals surface area contributed by atoms with Gasteiger partial charge in [0.25, 0.3) is 5.91 Å². The van der Waals surface area contributed by atoms with Gasteiger partial charge in [-0.1, -0.05) is 12.1 Å². The molecule has 0 spiro atoms. The minimum atomic E-state index is -0.265. The molecule has 2 heterocycles. The highest BCUT2D eigenvalue weighted by molar-refractivity contribution is 6.05. The first kappa shape index (κ1) is 25.3. The third kappa shape index (κ3) is 6.05. The summed E-state index contributed by atoms with van der Waals surface area (Å²) in [5.74, 6) is 2.14. The lowest BCUT2D eigenvalue weighted by molar-refractivity contribution is 0.102. The number of amides is 1. The molecular weight excluding hydrogens is 456 g/mol. The van der Waals surface area contributed by atoms with Crippen molar-refractivity contribution in [3.05, 3.63) is 54.1 Å². The highest BCUT2D eigenvalue weighted by atomic mass is 16.5. The van der Waals surface area contributed by atoms with E-state index in [1.54, 1.807) is 12.1 Å². The van der Waals surface area contributed by atoms with Crippen molar-refractivity contribution in [2.45, 2.75) is 40.0 Å². The second-order valence-electron chi connectivity index (χ2n) is 8.46. The van der Waals surface area contributed by atoms with Crippen LogP contribution in [0.15, 0.2) is 48.5 Å². The van der Waals surface area contributed by atoms with Crippen molar-refractivity contribution in [2.24, 2.45) is 0 Å². The van der Waals surface area contributed by atoms with Crippen molar-refractivity contribution >= 4 is 17.4 Å². The number of hydrogen-bond acceptors (Lipinski definition) is 7. The van der Waals surface area contributed by atoms with Crippen LogP contribution in [-0.2, 0) is 0 Å². The molecule has 1 aliphatic heterocycles. The maximum atomic E-state index is 13.0. The van der Waals surface area contributed by atoms with Gasteiger partial charge in [-0.3, -0.25) is 4.79 Å². The van der Waals surface area contributed by atoms with Crippen LogP contribution in [0.1, 0.15) is 50.4 Å². The van der Waals surface area contributed by atoms with Crippen LogP contribution in [0, 0.1) is 0 Å². The Morgan fingerprint density at radius 1 is 0.833 bits per heavy atom. The Morgan fingerprint density at radius 2 is 1.47 bits per heavy atom. The molecule has 0 aliphatic carbocycles. The summed E-state index contributed by atoms with van der Waals surface area (Å²) < 4.78 is 17.2. The zero-order chi connectivity index (χ0) is 25.3. The molecule has 1 N–H and O–H groups in total. The number of piperidine rings is 1. The number of hydrogen-bond donors (Lipinski definition) is 1. The van der Waals surface area contributed by atoms with Gasteiger partial charge in [-0.2, -0.15) is 0 Å². The highest BCUT2D eigenvalue weighted by Gasteiger charge is 2.19. The molecule has 0 radical (unpaired) electrons. The largest absolute Gasteiger partial charge is 0.490 e. The predicted octanol–water partition coefficient (Wildman–Crippen LogP) is 5.58. The van der Waals surface area contributed by atoms with Crippen molar-refractivity contribution in [3.8, 4) is 28.5 Å². The first-order valence-electron chi connectivity index (χ1n) is 12.7. The number of carbonyl (C=O) groups is 1. The van der Waals surface area contributed by atoms with Crippen molar-refractivity contribution in [2.75, 3.05) is 43.1 Å². The molecule has 3 aromatic rings. The number of anilines is 2. The average Bonchev–Trinajstić information content (AvgIpc) is 2.91. The molecule has 190 valence electrons. The molecule has 36 heavy (non-hydrogen) atoms. The van der Waals surface area contributed by atoms with Crippen LogP contribution in [-0.4, -0.2) is 49.0 Å². The maximum absolute atomic E-state index is 13.0. The summed E-state index contributed by atoms with van der Waals surface area (Å²) in [6.07, 6.45) is 3.69. The molecule has 2 aromatic carbocycles. The van der Waals surface area contributed by atoms with E-state index in [9.17, 15) is 4.79 Å². The van der Waals surface area contributed by atoms with Crippen molar-refractivity contribution < 1.29 is 19.0 Å². The van der Waals surface area contributed by atoms with Crippen molar-refractivity contribution in [1.82, 2.24) is 10.2 Å². The maximum Gasteiger partial charge on any atom is 0.255 e. The van der Waals surface area contributed by atoms with Crippen LogP contribution in [0.5, 0.6) is 17.2 Å². The Hall–Kier alpha value is -3.81. The van der Waals surface area contributed by atoms with E-state index < -0.39 is 0 Å². The molecule has 0 bridgehead atoms. The monoisotopic (exact) mass is 490 g/mol. The first-order chi connectivity index (χ1) is 17.6. The Balaban J connectivity index is 1.47. The highest BCUT2D eigenvalue weighted by Crippen LogP contribution is 2.39. The third-order valence-corrected chi connectivity index (χ3v) is 5.94. The van der Waals surface area contributed by atoms with E-state index in [2.05, 4.69) is 20.4 Å². The number of benzene rings is 2. The summed E-state index contributed by atoms with van der Waals surface area (Å²) in [6.45, 7) is 9.09. The standard InChI is InChI=1S/C28H34N4O4/c1-4-34-24-18-21(19-25(35-5-2)27(24)36-6-3)28(33)29-22-12-10-20(11-13-22)23-14-15-26(31-30-23)32-16-8-7-9-17-32/h10-15,18-19H,4-9,16-17H2,1-3H3,(H,29,33). The van der Waals surface area contributed by atoms with Gasteiger partial charge in [-0.25, -0.2) is 0 Å². The Morgan fingerprint density at radius 3 is 2.03 bits per heavy atom. The van der Waals surface area contributed by atoms with Gasteiger partial charge in [0.1, 0.15) is 0 Å². The molecular formula is C28H34N4O4. The molecule has 0 saturated carbocycles. The summed E-state index contributed by atoms with van der Waals surface area (Å²) in [6, 6.07) is 15.0. The van der Waals surface area contributed by atoms with Gasteiger partial charge in [0.05, 0.1) is 25.5 Å². The smallest absolute Gasteiger partial charge is 0.255 e. The lowest BCUT2D eigenvalue weighted by Gasteiger charge is -2.27. The van der Waals surface area contributed by atoms with Crippen molar-refractivity contribution in [3.63, 3.8) is 0 Å². The van der Waals surface area contributed by atoms with Crippen LogP contribution in [0.4, 0.5) is 11.5 Å². The summed E-state index contributed by atoms with van der Waals surface area (Å²) in [4.78, 5) is 15.3. The van der Waals surface area contributed by atoms with Crippen LogP contribution in [0.2, 0.25) is 0 Å². The van der Waals surface area contributed by atoms with Crippen LogP contribution in [0.25, 0.3) is 11.3 Å². The molecule has 0 atom stereocenters. The average molecular weight is 491 g/mol. The minimum Gasteiger partial charge on any atom is -0.490 e. The molecule has 8 nitrogen and oxygen atoms in total. The molecule has 8 heteroatoms. The van der Waals surface area contributed by atoms with Gasteiger partial charge in [-0.15, -0.1) is 10.2 Å². The lowest BCUT2D eigenvalue weighted by atomic mass is 10.1. The first-order valence-corrected chi connectivity index (χ1v) is 12.7. The normalized spacial score (nSPS) is 13.2. The topological polar surface area (TPSA) is 85.8 Å². The lowest BCUT2D eigenvalue weighted by Crippen LogP contribution is -2.30. The van der Waals surface area contributed by atoms with E-state index in [0.717, 1.165) is 30.2 Å². The van der Waals surface area contributed by atoms with Gasteiger partial charge in [0.15, 0.2) is 17.3 Å². The number of nitrogens with zero attached hydrogens (tertiary/aromatic N) is 3. The van der Waals surface area contributed by atoms with E-state index in [-0.39, 0.29) is 5.91 Å². The van der Waals surface area contributed by atoms with Gasteiger partial charge >= 0.3 is 0 Å². The second kappa shape index (κ2) is 12.2. The Bertz CT molecular complexity index is 1120. The van der Waals surface area contributed by atoms with Crippen molar-refractivity contribution in [1.29, 1.82) is 0 Å². The predicted molar refractivity (Wildman–Crippen MR) is 141 cm³/mol. The molecule has 1 aromatic heterocycles. The number of aromatic nitrogens is 2. The van der Waals surface area contributed by atoms with Gasteiger partial charge in [0, 0.05) is 29.9 Å². The molecule has 4 rings (SSSR count). The van der Waals surface area contributed by atoms with Crippen LogP contribution < -0.4 is 24.4 Å². The molecule has 1 amide bonds. The quantitative estimate of drug-likeness (QED) is 0.397. The fraction of sp³-hybridized carbons (Fsp3) is 0.393. The summed E-state index contributed by atoms with van der Waals surface area (Å²) in [5.41, 5.74) is 2.83. The summed E-state index contributed by atoms with van der Waals surface area (Å²) in [5, 5.41) is 11.8. The van der Waals surface area contributed by atoms with E-state index in [0.29, 0.717) is 48.3 Å². The number of nitrogens with one attached hydrogen (secondary N) is 1.